The molecule has 1 saturated carbocycles. The van der Waals surface area contributed by atoms with E-state index in [0.29, 0.717) is 24.6 Å². The van der Waals surface area contributed by atoms with Crippen molar-refractivity contribution < 1.29 is 8.42 Å². The van der Waals surface area contributed by atoms with Crippen molar-refractivity contribution >= 4 is 21.6 Å². The third-order valence-electron chi connectivity index (χ3n) is 4.80. The van der Waals surface area contributed by atoms with E-state index >= 15 is 0 Å². The molecular formula is C15H18ClN3O2S. The van der Waals surface area contributed by atoms with E-state index in [1.54, 1.807) is 0 Å². The Labute approximate surface area is 135 Å². The van der Waals surface area contributed by atoms with Gasteiger partial charge in [0.2, 0.25) is 10.0 Å². The van der Waals surface area contributed by atoms with E-state index in [0.717, 1.165) is 19.3 Å². The molecule has 5 nitrogen and oxygen atoms in total. The van der Waals surface area contributed by atoms with E-state index in [2.05, 4.69) is 0 Å². The van der Waals surface area contributed by atoms with Crippen LogP contribution in [0.2, 0.25) is 5.02 Å². The third kappa shape index (κ3) is 2.63. The zero-order chi connectivity index (χ0) is 15.9. The van der Waals surface area contributed by atoms with Crippen molar-refractivity contribution in [2.75, 3.05) is 13.1 Å². The summed E-state index contributed by atoms with van der Waals surface area (Å²) in [6.45, 7) is 0.974. The summed E-state index contributed by atoms with van der Waals surface area (Å²) in [6, 6.07) is 6.32. The minimum atomic E-state index is -3.64. The van der Waals surface area contributed by atoms with Gasteiger partial charge in [0.25, 0.3) is 0 Å². The predicted octanol–water partition coefficient (Wildman–Crippen LogP) is 1.96. The zero-order valence-electron chi connectivity index (χ0n) is 12.1. The van der Waals surface area contributed by atoms with Gasteiger partial charge >= 0.3 is 0 Å². The quantitative estimate of drug-likeness (QED) is 0.892. The van der Waals surface area contributed by atoms with Crippen molar-refractivity contribution in [2.45, 2.75) is 30.2 Å². The van der Waals surface area contributed by atoms with Gasteiger partial charge in [0.1, 0.15) is 4.90 Å². The Morgan fingerprint density at radius 1 is 1.32 bits per heavy atom. The van der Waals surface area contributed by atoms with E-state index in [1.807, 2.05) is 6.07 Å². The van der Waals surface area contributed by atoms with Crippen molar-refractivity contribution in [3.05, 3.63) is 28.8 Å². The first-order valence-corrected chi connectivity index (χ1v) is 9.20. The number of nitriles is 1. The molecule has 0 amide bonds. The number of benzene rings is 1. The van der Waals surface area contributed by atoms with Crippen molar-refractivity contribution in [1.29, 1.82) is 5.26 Å². The number of nitrogens with zero attached hydrogens (tertiary/aromatic N) is 2. The van der Waals surface area contributed by atoms with Crippen LogP contribution in [0.5, 0.6) is 0 Å². The van der Waals surface area contributed by atoms with Gasteiger partial charge in [0.15, 0.2) is 0 Å². The molecule has 7 heteroatoms. The SMILES string of the molecule is N#Cc1ccc(S(=O)(=O)N2CC3CCCC(N)C3C2)c(Cl)c1. The monoisotopic (exact) mass is 339 g/mol. The van der Waals surface area contributed by atoms with Crippen molar-refractivity contribution in [1.82, 2.24) is 4.31 Å². The van der Waals surface area contributed by atoms with Gasteiger partial charge in [-0.25, -0.2) is 8.42 Å². The van der Waals surface area contributed by atoms with E-state index in [1.165, 1.54) is 22.5 Å². The summed E-state index contributed by atoms with van der Waals surface area (Å²) in [4.78, 5) is 0.0698. The topological polar surface area (TPSA) is 87.2 Å². The molecule has 2 N–H and O–H groups in total. The van der Waals surface area contributed by atoms with Gasteiger partial charge in [0, 0.05) is 19.1 Å². The molecule has 1 aromatic rings. The Balaban J connectivity index is 1.90. The molecule has 1 aromatic carbocycles. The van der Waals surface area contributed by atoms with Crippen LogP contribution in [0, 0.1) is 23.2 Å². The highest BCUT2D eigenvalue weighted by atomic mass is 35.5. The van der Waals surface area contributed by atoms with Crippen LogP contribution >= 0.6 is 11.6 Å². The summed E-state index contributed by atoms with van der Waals surface area (Å²) < 4.78 is 27.1. The number of hydrogen-bond donors (Lipinski definition) is 1. The van der Waals surface area contributed by atoms with Gasteiger partial charge in [0.05, 0.1) is 16.7 Å². The van der Waals surface area contributed by atoms with Crippen molar-refractivity contribution in [3.63, 3.8) is 0 Å². The van der Waals surface area contributed by atoms with Crippen LogP contribution in [0.3, 0.4) is 0 Å². The Bertz CT molecular complexity index is 729. The average Bonchev–Trinajstić information content (AvgIpc) is 2.93. The first-order chi connectivity index (χ1) is 10.4. The molecule has 2 fully saturated rings. The Hall–Kier alpha value is -1.13. The van der Waals surface area contributed by atoms with Crippen LogP contribution < -0.4 is 5.73 Å². The van der Waals surface area contributed by atoms with Crippen LogP contribution in [0.1, 0.15) is 24.8 Å². The predicted molar refractivity (Wildman–Crippen MR) is 83.7 cm³/mol. The summed E-state index contributed by atoms with van der Waals surface area (Å²) in [7, 11) is -3.64. The summed E-state index contributed by atoms with van der Waals surface area (Å²) in [5.41, 5.74) is 6.50. The normalized spacial score (nSPS) is 29.0. The molecule has 1 aliphatic carbocycles. The van der Waals surface area contributed by atoms with Gasteiger partial charge in [-0.2, -0.15) is 9.57 Å². The second-order valence-corrected chi connectivity index (χ2v) is 8.41. The number of rotatable bonds is 2. The fraction of sp³-hybridized carbons (Fsp3) is 0.533. The Morgan fingerprint density at radius 3 is 2.73 bits per heavy atom. The summed E-state index contributed by atoms with van der Waals surface area (Å²) >= 11 is 6.07. The van der Waals surface area contributed by atoms with Crippen LogP contribution in [0.15, 0.2) is 23.1 Å². The van der Waals surface area contributed by atoms with Gasteiger partial charge < -0.3 is 5.73 Å². The lowest BCUT2D eigenvalue weighted by atomic mass is 9.78. The Kier molecular flexibility index (Phi) is 4.17. The van der Waals surface area contributed by atoms with Crippen LogP contribution in [-0.4, -0.2) is 31.9 Å². The lowest BCUT2D eigenvalue weighted by Crippen LogP contribution is -2.38. The Morgan fingerprint density at radius 2 is 2.09 bits per heavy atom. The van der Waals surface area contributed by atoms with E-state index in [-0.39, 0.29) is 21.9 Å². The van der Waals surface area contributed by atoms with Crippen LogP contribution in [0.4, 0.5) is 0 Å². The summed E-state index contributed by atoms with van der Waals surface area (Å²) in [6.07, 6.45) is 3.06. The number of nitrogens with two attached hydrogens (primary N) is 1. The van der Waals surface area contributed by atoms with Gasteiger partial charge in [-0.3, -0.25) is 0 Å². The third-order valence-corrected chi connectivity index (χ3v) is 7.11. The smallest absolute Gasteiger partial charge is 0.244 e. The highest BCUT2D eigenvalue weighted by Crippen LogP contribution is 2.38. The summed E-state index contributed by atoms with van der Waals surface area (Å²) in [5.74, 6) is 0.580. The molecule has 1 aliphatic heterocycles. The van der Waals surface area contributed by atoms with E-state index in [9.17, 15) is 8.42 Å². The largest absolute Gasteiger partial charge is 0.327 e. The molecule has 22 heavy (non-hydrogen) atoms. The fourth-order valence-corrected chi connectivity index (χ4v) is 5.64. The van der Waals surface area contributed by atoms with Gasteiger partial charge in [-0.05, 0) is 42.9 Å². The number of hydrogen-bond acceptors (Lipinski definition) is 4. The fourth-order valence-electron chi connectivity index (χ4n) is 3.59. The van der Waals surface area contributed by atoms with Crippen molar-refractivity contribution in [2.24, 2.45) is 17.6 Å². The van der Waals surface area contributed by atoms with E-state index in [4.69, 9.17) is 22.6 Å². The molecule has 118 valence electrons. The molecule has 3 atom stereocenters. The lowest BCUT2D eigenvalue weighted by molar-refractivity contribution is 0.260. The second-order valence-electron chi connectivity index (χ2n) is 6.10. The maximum absolute atomic E-state index is 12.8. The maximum atomic E-state index is 12.8. The highest BCUT2D eigenvalue weighted by Gasteiger charge is 2.43. The number of halogens is 1. The molecule has 0 bridgehead atoms. The molecule has 1 saturated heterocycles. The summed E-state index contributed by atoms with van der Waals surface area (Å²) in [5, 5.41) is 8.95. The maximum Gasteiger partial charge on any atom is 0.244 e. The van der Waals surface area contributed by atoms with Crippen LogP contribution in [-0.2, 0) is 10.0 Å². The minimum Gasteiger partial charge on any atom is -0.327 e. The second kappa shape index (κ2) is 5.82. The number of sulfonamides is 1. The van der Waals surface area contributed by atoms with Crippen LogP contribution in [0.25, 0.3) is 0 Å². The van der Waals surface area contributed by atoms with E-state index < -0.39 is 10.0 Å². The first kappa shape index (κ1) is 15.8. The zero-order valence-corrected chi connectivity index (χ0v) is 13.6. The average molecular weight is 340 g/mol. The molecule has 0 radical (unpaired) electrons. The molecule has 3 rings (SSSR count). The first-order valence-electron chi connectivity index (χ1n) is 7.39. The van der Waals surface area contributed by atoms with Gasteiger partial charge in [-0.15, -0.1) is 0 Å². The lowest BCUT2D eigenvalue weighted by Gasteiger charge is -2.29. The highest BCUT2D eigenvalue weighted by molar-refractivity contribution is 7.89. The molecule has 2 aliphatic rings. The molecule has 0 spiro atoms. The standard InChI is InChI=1S/C15H18ClN3O2S/c16-13-6-10(7-17)4-5-15(13)22(20,21)19-8-11-2-1-3-14(18)12(11)9-19/h4-6,11-12,14H,1-3,8-9,18H2. The molecule has 1 heterocycles. The molecule has 0 aromatic heterocycles. The number of fused-ring (bicyclic) bond motifs is 1. The molecule has 3 unspecified atom stereocenters. The molecular weight excluding hydrogens is 322 g/mol. The van der Waals surface area contributed by atoms with Gasteiger partial charge in [-0.1, -0.05) is 18.0 Å². The minimum absolute atomic E-state index is 0.0698. The van der Waals surface area contributed by atoms with Crippen molar-refractivity contribution in [3.8, 4) is 6.07 Å².